The summed E-state index contributed by atoms with van der Waals surface area (Å²) in [6.07, 6.45) is -2.00. The lowest BCUT2D eigenvalue weighted by atomic mass is 10.0. The van der Waals surface area contributed by atoms with E-state index >= 15 is 0 Å². The predicted molar refractivity (Wildman–Crippen MR) is 50.4 cm³/mol. The Kier molecular flexibility index (Phi) is 2.38. The van der Waals surface area contributed by atoms with Crippen LogP contribution in [0, 0.1) is 0 Å². The summed E-state index contributed by atoms with van der Waals surface area (Å²) in [6.45, 7) is 0. The van der Waals surface area contributed by atoms with Crippen LogP contribution in [-0.2, 0) is 6.18 Å². The first-order valence-electron chi connectivity index (χ1n) is 4.51. The van der Waals surface area contributed by atoms with Gasteiger partial charge in [0.05, 0.1) is 11.6 Å². The number of hydrogen-bond donors (Lipinski definition) is 1. The van der Waals surface area contributed by atoms with Crippen molar-refractivity contribution in [3.8, 4) is 0 Å². The highest BCUT2D eigenvalue weighted by atomic mass is 19.4. The van der Waals surface area contributed by atoms with Crippen LogP contribution in [0.2, 0.25) is 0 Å². The molecule has 0 aromatic heterocycles. The third kappa shape index (κ3) is 2.11. The molecule has 0 fully saturated rings. The number of hydrazone groups is 1. The molecular formula is C10H9F3N2. The van der Waals surface area contributed by atoms with Crippen LogP contribution in [0.4, 0.5) is 13.2 Å². The smallest absolute Gasteiger partial charge is 0.303 e. The first-order chi connectivity index (χ1) is 7.07. The molecule has 1 aromatic rings. The predicted octanol–water partition coefficient (Wildman–Crippen LogP) is 2.73. The molecule has 1 unspecified atom stereocenters. The van der Waals surface area contributed by atoms with Crippen LogP contribution in [0.25, 0.3) is 0 Å². The molecule has 2 nitrogen and oxygen atoms in total. The summed E-state index contributed by atoms with van der Waals surface area (Å²) < 4.78 is 37.2. The minimum atomic E-state index is -4.28. The zero-order chi connectivity index (χ0) is 10.9. The minimum absolute atomic E-state index is 0.132. The third-order valence-corrected chi connectivity index (χ3v) is 2.28. The minimum Gasteiger partial charge on any atom is -0.303 e. The molecule has 0 amide bonds. The lowest BCUT2D eigenvalue weighted by Crippen LogP contribution is -2.12. The second-order valence-electron chi connectivity index (χ2n) is 3.35. The van der Waals surface area contributed by atoms with E-state index < -0.39 is 11.7 Å². The summed E-state index contributed by atoms with van der Waals surface area (Å²) in [5, 5.41) is 3.78. The topological polar surface area (TPSA) is 24.4 Å². The molecule has 1 aromatic carbocycles. The number of benzene rings is 1. The molecule has 0 radical (unpaired) electrons. The van der Waals surface area contributed by atoms with Gasteiger partial charge < -0.3 is 5.43 Å². The normalized spacial score (nSPS) is 20.3. The monoisotopic (exact) mass is 214 g/mol. The average Bonchev–Trinajstić information content (AvgIpc) is 2.69. The van der Waals surface area contributed by atoms with Crippen molar-refractivity contribution in [3.05, 3.63) is 35.4 Å². The zero-order valence-corrected chi connectivity index (χ0v) is 7.75. The van der Waals surface area contributed by atoms with Gasteiger partial charge in [0.25, 0.3) is 0 Å². The van der Waals surface area contributed by atoms with Crippen LogP contribution in [0.1, 0.15) is 23.6 Å². The number of halogens is 3. The lowest BCUT2D eigenvalue weighted by molar-refractivity contribution is -0.137. The lowest BCUT2D eigenvalue weighted by Gasteiger charge is -2.12. The van der Waals surface area contributed by atoms with E-state index in [0.717, 1.165) is 12.1 Å². The molecular weight excluding hydrogens is 205 g/mol. The van der Waals surface area contributed by atoms with Gasteiger partial charge in [0, 0.05) is 12.6 Å². The highest BCUT2D eigenvalue weighted by Crippen LogP contribution is 2.31. The maximum Gasteiger partial charge on any atom is 0.416 e. The fourth-order valence-electron chi connectivity index (χ4n) is 1.50. The van der Waals surface area contributed by atoms with E-state index in [1.165, 1.54) is 6.07 Å². The highest BCUT2D eigenvalue weighted by Gasteiger charge is 2.31. The van der Waals surface area contributed by atoms with E-state index in [1.807, 2.05) is 0 Å². The van der Waals surface area contributed by atoms with Crippen LogP contribution in [0.5, 0.6) is 0 Å². The Balaban J connectivity index is 2.26. The van der Waals surface area contributed by atoms with Gasteiger partial charge in [-0.3, -0.25) is 0 Å². The summed E-state index contributed by atoms with van der Waals surface area (Å²) in [4.78, 5) is 0. The van der Waals surface area contributed by atoms with E-state index in [9.17, 15) is 13.2 Å². The largest absolute Gasteiger partial charge is 0.416 e. The van der Waals surface area contributed by atoms with Crippen LogP contribution in [0.15, 0.2) is 29.4 Å². The van der Waals surface area contributed by atoms with Crippen LogP contribution in [0.3, 0.4) is 0 Å². The van der Waals surface area contributed by atoms with E-state index in [-0.39, 0.29) is 6.04 Å². The SMILES string of the molecule is FC(F)(F)c1cccc(C2CC=NN2)c1. The summed E-state index contributed by atoms with van der Waals surface area (Å²) in [6, 6.07) is 5.18. The third-order valence-electron chi connectivity index (χ3n) is 2.28. The molecule has 0 bridgehead atoms. The molecule has 1 aliphatic rings. The van der Waals surface area contributed by atoms with Crippen molar-refractivity contribution >= 4 is 6.21 Å². The van der Waals surface area contributed by atoms with E-state index in [4.69, 9.17) is 0 Å². The summed E-state index contributed by atoms with van der Waals surface area (Å²) in [7, 11) is 0. The van der Waals surface area contributed by atoms with Gasteiger partial charge >= 0.3 is 6.18 Å². The molecule has 1 atom stereocenters. The number of hydrogen-bond acceptors (Lipinski definition) is 2. The van der Waals surface area contributed by atoms with Gasteiger partial charge in [0.1, 0.15) is 0 Å². The molecule has 1 aliphatic heterocycles. The van der Waals surface area contributed by atoms with Crippen LogP contribution in [-0.4, -0.2) is 6.21 Å². The Morgan fingerprint density at radius 1 is 1.33 bits per heavy atom. The van der Waals surface area contributed by atoms with Crippen molar-refractivity contribution in [3.63, 3.8) is 0 Å². The Morgan fingerprint density at radius 2 is 2.13 bits per heavy atom. The molecule has 80 valence electrons. The second kappa shape index (κ2) is 3.56. The molecule has 5 heteroatoms. The molecule has 1 heterocycles. The molecule has 0 aliphatic carbocycles. The molecule has 1 N–H and O–H groups in total. The Hall–Kier alpha value is -1.52. The van der Waals surface area contributed by atoms with E-state index in [1.54, 1.807) is 12.3 Å². The summed E-state index contributed by atoms with van der Waals surface area (Å²) in [5.41, 5.74) is 2.75. The molecule has 0 saturated carbocycles. The average molecular weight is 214 g/mol. The van der Waals surface area contributed by atoms with E-state index in [0.29, 0.717) is 12.0 Å². The standard InChI is InChI=1S/C10H9F3N2/c11-10(12,13)8-3-1-2-7(6-8)9-4-5-14-15-9/h1-3,5-6,9,15H,4H2. The molecule has 0 saturated heterocycles. The number of nitrogens with one attached hydrogen (secondary N) is 1. The van der Waals surface area contributed by atoms with Gasteiger partial charge in [-0.15, -0.1) is 0 Å². The molecule has 2 rings (SSSR count). The van der Waals surface area contributed by atoms with Crippen molar-refractivity contribution in [2.24, 2.45) is 5.10 Å². The maximum absolute atomic E-state index is 12.4. The first-order valence-corrected chi connectivity index (χ1v) is 4.51. The van der Waals surface area contributed by atoms with Crippen molar-refractivity contribution in [1.29, 1.82) is 0 Å². The van der Waals surface area contributed by atoms with Crippen molar-refractivity contribution < 1.29 is 13.2 Å². The van der Waals surface area contributed by atoms with Gasteiger partial charge in [-0.05, 0) is 17.7 Å². The zero-order valence-electron chi connectivity index (χ0n) is 7.75. The van der Waals surface area contributed by atoms with Gasteiger partial charge in [-0.2, -0.15) is 18.3 Å². The Morgan fingerprint density at radius 3 is 2.73 bits per heavy atom. The highest BCUT2D eigenvalue weighted by molar-refractivity contribution is 5.60. The van der Waals surface area contributed by atoms with Gasteiger partial charge in [0.2, 0.25) is 0 Å². The summed E-state index contributed by atoms with van der Waals surface area (Å²) in [5.74, 6) is 0. The molecule has 15 heavy (non-hydrogen) atoms. The van der Waals surface area contributed by atoms with Gasteiger partial charge in [-0.25, -0.2) is 0 Å². The first kappa shape index (κ1) is 10.0. The van der Waals surface area contributed by atoms with Crippen molar-refractivity contribution in [2.75, 3.05) is 0 Å². The fourth-order valence-corrected chi connectivity index (χ4v) is 1.50. The van der Waals surface area contributed by atoms with Gasteiger partial charge in [-0.1, -0.05) is 12.1 Å². The Bertz CT molecular complexity index is 376. The van der Waals surface area contributed by atoms with E-state index in [2.05, 4.69) is 10.5 Å². The molecule has 0 spiro atoms. The Labute approximate surface area is 84.8 Å². The second-order valence-corrected chi connectivity index (χ2v) is 3.35. The summed E-state index contributed by atoms with van der Waals surface area (Å²) >= 11 is 0. The quantitative estimate of drug-likeness (QED) is 0.763. The van der Waals surface area contributed by atoms with Crippen molar-refractivity contribution in [1.82, 2.24) is 5.43 Å². The van der Waals surface area contributed by atoms with Crippen LogP contribution >= 0.6 is 0 Å². The number of rotatable bonds is 1. The van der Waals surface area contributed by atoms with Crippen LogP contribution < -0.4 is 5.43 Å². The maximum atomic E-state index is 12.4. The fraction of sp³-hybridized carbons (Fsp3) is 0.300. The van der Waals surface area contributed by atoms with Gasteiger partial charge in [0.15, 0.2) is 0 Å². The number of alkyl halides is 3. The number of nitrogens with zero attached hydrogens (tertiary/aromatic N) is 1. The van der Waals surface area contributed by atoms with Crippen molar-refractivity contribution in [2.45, 2.75) is 18.6 Å².